The third-order valence-corrected chi connectivity index (χ3v) is 3.00. The molecule has 1 saturated heterocycles. The maximum absolute atomic E-state index is 11.8. The molecule has 1 rings (SSSR count). The first-order valence-electron chi connectivity index (χ1n) is 7.07. The molecular weight excluding hydrogens is 242 g/mol. The molecule has 0 saturated carbocycles. The highest BCUT2D eigenvalue weighted by Crippen LogP contribution is 2.02. The third-order valence-electron chi connectivity index (χ3n) is 3.00. The Labute approximate surface area is 118 Å². The van der Waals surface area contributed by atoms with Crippen molar-refractivity contribution in [3.05, 3.63) is 12.7 Å². The quantitative estimate of drug-likeness (QED) is 0.762. The largest absolute Gasteiger partial charge is 0.352 e. The van der Waals surface area contributed by atoms with Crippen molar-refractivity contribution in [1.82, 2.24) is 15.1 Å². The van der Waals surface area contributed by atoms with Crippen molar-refractivity contribution in [2.24, 2.45) is 0 Å². The molecule has 1 aliphatic rings. The number of hydrogen-bond donors (Lipinski definition) is 1. The van der Waals surface area contributed by atoms with Crippen molar-refractivity contribution >= 4 is 11.8 Å². The molecule has 0 unspecified atom stereocenters. The highest BCUT2D eigenvalue weighted by atomic mass is 16.2. The van der Waals surface area contributed by atoms with Gasteiger partial charge in [-0.15, -0.1) is 0 Å². The van der Waals surface area contributed by atoms with Crippen molar-refractivity contribution in [2.75, 3.05) is 39.3 Å². The monoisotopic (exact) mass is 271 g/mol. The van der Waals surface area contributed by atoms with Gasteiger partial charge in [0.25, 0.3) is 0 Å². The molecule has 0 aromatic rings. The molecule has 0 radical (unpaired) electrons. The molecule has 112 valence electrons. The normalized spacial score (nSPS) is 15.2. The summed E-state index contributed by atoms with van der Waals surface area (Å²) in [5.41, 5.74) is 0. The van der Waals surface area contributed by atoms with Gasteiger partial charge in [0, 0.05) is 40.6 Å². The number of likely N-dealkylation sites (N-methyl/N-ethyl adjacent to an activating group) is 1. The minimum absolute atomic E-state index is 0. The van der Waals surface area contributed by atoms with Gasteiger partial charge in [0.15, 0.2) is 0 Å². The summed E-state index contributed by atoms with van der Waals surface area (Å²) in [6.45, 7) is 14.4. The van der Waals surface area contributed by atoms with Gasteiger partial charge >= 0.3 is 0 Å². The van der Waals surface area contributed by atoms with Gasteiger partial charge in [-0.25, -0.2) is 0 Å². The van der Waals surface area contributed by atoms with Crippen LogP contribution in [0.1, 0.15) is 28.6 Å². The SMILES string of the molecule is C=CC(=O)NCCC(=O)N1CCN(CC)CC1.CC.[HH]. The fourth-order valence-corrected chi connectivity index (χ4v) is 1.84. The zero-order valence-electron chi connectivity index (χ0n) is 12.4. The predicted octanol–water partition coefficient (Wildman–Crippen LogP) is 1.12. The van der Waals surface area contributed by atoms with Crippen LogP contribution in [0.3, 0.4) is 0 Å². The van der Waals surface area contributed by atoms with Crippen LogP contribution in [0.5, 0.6) is 0 Å². The molecular formula is C14H29N3O2. The van der Waals surface area contributed by atoms with Gasteiger partial charge in [-0.05, 0) is 12.6 Å². The van der Waals surface area contributed by atoms with Crippen molar-refractivity contribution < 1.29 is 11.0 Å². The minimum atomic E-state index is -0.228. The number of carbonyl (C=O) groups excluding carboxylic acids is 2. The number of amides is 2. The summed E-state index contributed by atoms with van der Waals surface area (Å²) in [7, 11) is 0. The second-order valence-electron chi connectivity index (χ2n) is 4.06. The molecule has 5 nitrogen and oxygen atoms in total. The van der Waals surface area contributed by atoms with Gasteiger partial charge in [0.05, 0.1) is 0 Å². The third kappa shape index (κ3) is 6.96. The Morgan fingerprint density at radius 2 is 1.84 bits per heavy atom. The van der Waals surface area contributed by atoms with Crippen molar-refractivity contribution in [3.63, 3.8) is 0 Å². The van der Waals surface area contributed by atoms with Gasteiger partial charge in [-0.2, -0.15) is 0 Å². The predicted molar refractivity (Wildman–Crippen MR) is 80.0 cm³/mol. The maximum Gasteiger partial charge on any atom is 0.243 e. The molecule has 5 heteroatoms. The summed E-state index contributed by atoms with van der Waals surface area (Å²) in [6, 6.07) is 0. The highest BCUT2D eigenvalue weighted by Gasteiger charge is 2.19. The van der Waals surface area contributed by atoms with Crippen molar-refractivity contribution in [2.45, 2.75) is 27.2 Å². The van der Waals surface area contributed by atoms with Crippen LogP contribution in [0.4, 0.5) is 0 Å². The second-order valence-corrected chi connectivity index (χ2v) is 4.06. The number of hydrogen-bond acceptors (Lipinski definition) is 3. The van der Waals surface area contributed by atoms with Crippen LogP contribution in [-0.2, 0) is 9.59 Å². The van der Waals surface area contributed by atoms with Crippen molar-refractivity contribution in [1.29, 1.82) is 0 Å². The lowest BCUT2D eigenvalue weighted by atomic mass is 10.2. The van der Waals surface area contributed by atoms with E-state index < -0.39 is 0 Å². The summed E-state index contributed by atoms with van der Waals surface area (Å²) < 4.78 is 0. The van der Waals surface area contributed by atoms with Crippen molar-refractivity contribution in [3.8, 4) is 0 Å². The first-order chi connectivity index (χ1) is 9.17. The second kappa shape index (κ2) is 10.6. The smallest absolute Gasteiger partial charge is 0.243 e. The number of piperazine rings is 1. The van der Waals surface area contributed by atoms with Crippen LogP contribution in [0.2, 0.25) is 0 Å². The molecule has 1 fully saturated rings. The molecule has 2 amide bonds. The first kappa shape index (κ1) is 17.6. The molecule has 1 aliphatic heterocycles. The Balaban J connectivity index is 0. The summed E-state index contributed by atoms with van der Waals surface area (Å²) in [5.74, 6) is -0.112. The molecule has 1 N–H and O–H groups in total. The summed E-state index contributed by atoms with van der Waals surface area (Å²) in [4.78, 5) is 26.9. The van der Waals surface area contributed by atoms with Crippen LogP contribution in [0, 0.1) is 0 Å². The number of carbonyl (C=O) groups is 2. The summed E-state index contributed by atoms with van der Waals surface area (Å²) in [5, 5.41) is 2.61. The lowest BCUT2D eigenvalue weighted by Crippen LogP contribution is -2.48. The van der Waals surface area contributed by atoms with Gasteiger partial charge in [-0.3, -0.25) is 9.59 Å². The molecule has 0 aromatic heterocycles. The number of nitrogens with zero attached hydrogens (tertiary/aromatic N) is 2. The Morgan fingerprint density at radius 3 is 2.32 bits per heavy atom. The number of nitrogens with one attached hydrogen (secondary N) is 1. The summed E-state index contributed by atoms with van der Waals surface area (Å²) >= 11 is 0. The average Bonchev–Trinajstić information content (AvgIpc) is 2.49. The van der Waals surface area contributed by atoms with E-state index in [1.807, 2.05) is 18.7 Å². The molecule has 0 bridgehead atoms. The topological polar surface area (TPSA) is 52.7 Å². The molecule has 19 heavy (non-hydrogen) atoms. The van der Waals surface area contributed by atoms with E-state index >= 15 is 0 Å². The minimum Gasteiger partial charge on any atom is -0.352 e. The van der Waals surface area contributed by atoms with E-state index in [-0.39, 0.29) is 13.2 Å². The zero-order chi connectivity index (χ0) is 14.7. The standard InChI is InChI=1S/C12H21N3O2.C2H6.H2/c1-3-11(16)13-6-5-12(17)15-9-7-14(4-2)8-10-15;1-2;/h3H,1,4-10H2,2H3,(H,13,16);1-2H3;1H. The van der Waals surface area contributed by atoms with Crippen LogP contribution in [0.15, 0.2) is 12.7 Å². The lowest BCUT2D eigenvalue weighted by Gasteiger charge is -2.34. The van der Waals surface area contributed by atoms with Gasteiger partial charge in [0.1, 0.15) is 0 Å². The van der Waals surface area contributed by atoms with Gasteiger partial charge in [0.2, 0.25) is 11.8 Å². The first-order valence-corrected chi connectivity index (χ1v) is 7.07. The summed E-state index contributed by atoms with van der Waals surface area (Å²) in [6.07, 6.45) is 1.58. The Morgan fingerprint density at radius 1 is 1.26 bits per heavy atom. The van der Waals surface area contributed by atoms with Gasteiger partial charge in [-0.1, -0.05) is 27.4 Å². The van der Waals surface area contributed by atoms with E-state index in [1.165, 1.54) is 6.08 Å². The fraction of sp³-hybridized carbons (Fsp3) is 0.714. The fourth-order valence-electron chi connectivity index (χ4n) is 1.84. The highest BCUT2D eigenvalue weighted by molar-refractivity contribution is 5.87. The van der Waals surface area contributed by atoms with Crippen LogP contribution < -0.4 is 5.32 Å². The Kier molecular flexibility index (Phi) is 9.80. The van der Waals surface area contributed by atoms with Crippen LogP contribution in [0.25, 0.3) is 0 Å². The molecule has 0 atom stereocenters. The zero-order valence-corrected chi connectivity index (χ0v) is 12.4. The van der Waals surface area contributed by atoms with Gasteiger partial charge < -0.3 is 15.1 Å². The molecule has 0 aromatic carbocycles. The Hall–Kier alpha value is -1.36. The van der Waals surface area contributed by atoms with E-state index in [9.17, 15) is 9.59 Å². The van der Waals surface area contributed by atoms with E-state index in [4.69, 9.17) is 0 Å². The van der Waals surface area contributed by atoms with E-state index in [0.717, 1.165) is 32.7 Å². The maximum atomic E-state index is 11.8. The Bertz CT molecular complexity index is 290. The number of rotatable bonds is 5. The molecule has 0 aliphatic carbocycles. The lowest BCUT2D eigenvalue weighted by molar-refractivity contribution is -0.132. The van der Waals surface area contributed by atoms with Crippen LogP contribution in [-0.4, -0.2) is 60.9 Å². The molecule has 0 spiro atoms. The van der Waals surface area contributed by atoms with Crippen LogP contribution >= 0.6 is 0 Å². The molecule has 1 heterocycles. The average molecular weight is 271 g/mol. The van der Waals surface area contributed by atoms with E-state index in [2.05, 4.69) is 23.7 Å². The van der Waals surface area contributed by atoms with E-state index in [0.29, 0.717) is 13.0 Å². The van der Waals surface area contributed by atoms with E-state index in [1.54, 1.807) is 0 Å².